The lowest BCUT2D eigenvalue weighted by Gasteiger charge is -2.09. The van der Waals surface area contributed by atoms with Gasteiger partial charge in [0.25, 0.3) is 5.56 Å². The molecule has 0 unspecified atom stereocenters. The minimum atomic E-state index is -0.597. The monoisotopic (exact) mass is 273 g/mol. The lowest BCUT2D eigenvalue weighted by Crippen LogP contribution is -2.34. The summed E-state index contributed by atoms with van der Waals surface area (Å²) in [7, 11) is 0. The maximum Gasteiger partial charge on any atom is 0.328 e. The molecule has 6 heteroatoms. The van der Waals surface area contributed by atoms with Crippen LogP contribution < -0.4 is 16.6 Å². The molecule has 2 rings (SSSR count). The molecule has 20 heavy (non-hydrogen) atoms. The number of anilines is 1. The fourth-order valence-corrected chi connectivity index (χ4v) is 1.79. The first kappa shape index (κ1) is 13.8. The molecular formula is C14H15N3O3. The number of carbonyl (C=O) groups is 1. The molecule has 0 saturated heterocycles. The lowest BCUT2D eigenvalue weighted by molar-refractivity contribution is -0.116. The number of H-pyrrole nitrogens is 1. The van der Waals surface area contributed by atoms with Gasteiger partial charge in [0.15, 0.2) is 0 Å². The third-order valence-electron chi connectivity index (χ3n) is 2.92. The number of rotatable bonds is 3. The Hall–Kier alpha value is -2.63. The third kappa shape index (κ3) is 3.03. The summed E-state index contributed by atoms with van der Waals surface area (Å²) in [6.07, 6.45) is 1.37. The average molecular weight is 273 g/mol. The van der Waals surface area contributed by atoms with Gasteiger partial charge in [-0.25, -0.2) is 4.79 Å². The van der Waals surface area contributed by atoms with Gasteiger partial charge < -0.3 is 5.32 Å². The predicted molar refractivity (Wildman–Crippen MR) is 75.9 cm³/mol. The predicted octanol–water partition coefficient (Wildman–Crippen LogP) is 0.792. The lowest BCUT2D eigenvalue weighted by atomic mass is 10.2. The molecule has 0 aliphatic rings. The summed E-state index contributed by atoms with van der Waals surface area (Å²) in [5.74, 6) is -0.326. The van der Waals surface area contributed by atoms with Crippen LogP contribution in [0, 0.1) is 13.8 Å². The van der Waals surface area contributed by atoms with Crippen molar-refractivity contribution in [2.24, 2.45) is 0 Å². The van der Waals surface area contributed by atoms with Gasteiger partial charge in [-0.05, 0) is 25.5 Å². The summed E-state index contributed by atoms with van der Waals surface area (Å²) in [4.78, 5) is 36.9. The number of benzene rings is 1. The number of aromatic amines is 1. The molecule has 0 aliphatic heterocycles. The highest BCUT2D eigenvalue weighted by atomic mass is 16.2. The zero-order valence-corrected chi connectivity index (χ0v) is 11.3. The van der Waals surface area contributed by atoms with Crippen LogP contribution in [0.3, 0.4) is 0 Å². The van der Waals surface area contributed by atoms with Gasteiger partial charge in [-0.1, -0.05) is 18.2 Å². The van der Waals surface area contributed by atoms with Crippen LogP contribution in [0.15, 0.2) is 40.1 Å². The maximum absolute atomic E-state index is 11.9. The molecule has 1 aromatic heterocycles. The van der Waals surface area contributed by atoms with Crippen LogP contribution in [0.5, 0.6) is 0 Å². The molecule has 1 heterocycles. The van der Waals surface area contributed by atoms with E-state index in [1.54, 1.807) is 13.0 Å². The van der Waals surface area contributed by atoms with Crippen LogP contribution in [-0.2, 0) is 11.3 Å². The Morgan fingerprint density at radius 1 is 1.20 bits per heavy atom. The number of para-hydroxylation sites is 1. The van der Waals surface area contributed by atoms with E-state index in [-0.39, 0.29) is 12.5 Å². The third-order valence-corrected chi connectivity index (χ3v) is 2.92. The van der Waals surface area contributed by atoms with Crippen LogP contribution >= 0.6 is 0 Å². The molecule has 2 aromatic rings. The Morgan fingerprint density at radius 2 is 1.90 bits per heavy atom. The van der Waals surface area contributed by atoms with Crippen molar-refractivity contribution in [3.05, 3.63) is 62.4 Å². The molecule has 0 spiro atoms. The van der Waals surface area contributed by atoms with Gasteiger partial charge in [0.05, 0.1) is 0 Å². The number of aryl methyl sites for hydroxylation is 2. The minimum Gasteiger partial charge on any atom is -0.324 e. The maximum atomic E-state index is 11.9. The van der Waals surface area contributed by atoms with Crippen molar-refractivity contribution in [1.29, 1.82) is 0 Å². The number of hydrogen-bond donors (Lipinski definition) is 2. The van der Waals surface area contributed by atoms with Crippen molar-refractivity contribution in [2.75, 3.05) is 5.32 Å². The van der Waals surface area contributed by atoms with E-state index >= 15 is 0 Å². The summed E-state index contributed by atoms with van der Waals surface area (Å²) < 4.78 is 1.17. The first-order valence-electron chi connectivity index (χ1n) is 6.13. The number of hydrogen-bond acceptors (Lipinski definition) is 3. The van der Waals surface area contributed by atoms with Gasteiger partial charge in [-0.15, -0.1) is 0 Å². The van der Waals surface area contributed by atoms with E-state index < -0.39 is 11.2 Å². The quantitative estimate of drug-likeness (QED) is 0.867. The summed E-state index contributed by atoms with van der Waals surface area (Å²) in [5, 5.41) is 2.73. The minimum absolute atomic E-state index is 0.148. The van der Waals surface area contributed by atoms with Crippen LogP contribution in [-0.4, -0.2) is 15.5 Å². The standard InChI is InChI=1S/C14H15N3O3/c1-9-5-3-4-6-11(9)15-12(18)8-17-7-10(2)13(19)16-14(17)20/h3-7H,8H2,1-2H3,(H,15,18)(H,16,19,20). The Kier molecular flexibility index (Phi) is 3.84. The molecule has 0 bridgehead atoms. The van der Waals surface area contributed by atoms with Gasteiger partial charge in [0.2, 0.25) is 5.91 Å². The second-order valence-electron chi connectivity index (χ2n) is 4.56. The normalized spacial score (nSPS) is 10.3. The molecule has 0 fully saturated rings. The summed E-state index contributed by atoms with van der Waals surface area (Å²) in [6, 6.07) is 7.36. The Bertz CT molecular complexity index is 759. The largest absolute Gasteiger partial charge is 0.328 e. The average Bonchev–Trinajstić information content (AvgIpc) is 2.39. The fraction of sp³-hybridized carbons (Fsp3) is 0.214. The molecule has 0 radical (unpaired) electrons. The van der Waals surface area contributed by atoms with E-state index in [1.807, 2.05) is 25.1 Å². The molecule has 0 atom stereocenters. The van der Waals surface area contributed by atoms with Gasteiger partial charge in [0, 0.05) is 17.4 Å². The van der Waals surface area contributed by atoms with Crippen LogP contribution in [0.2, 0.25) is 0 Å². The molecular weight excluding hydrogens is 258 g/mol. The first-order chi connectivity index (χ1) is 9.47. The van der Waals surface area contributed by atoms with E-state index in [4.69, 9.17) is 0 Å². The van der Waals surface area contributed by atoms with Gasteiger partial charge in [-0.3, -0.25) is 19.1 Å². The van der Waals surface area contributed by atoms with E-state index in [0.717, 1.165) is 5.56 Å². The summed E-state index contributed by atoms with van der Waals surface area (Å²) >= 11 is 0. The van der Waals surface area contributed by atoms with E-state index in [0.29, 0.717) is 11.3 Å². The molecule has 104 valence electrons. The Morgan fingerprint density at radius 3 is 2.60 bits per heavy atom. The van der Waals surface area contributed by atoms with Crippen molar-refractivity contribution in [3.8, 4) is 0 Å². The van der Waals surface area contributed by atoms with Crippen molar-refractivity contribution >= 4 is 11.6 Å². The van der Waals surface area contributed by atoms with E-state index in [1.165, 1.54) is 10.8 Å². The highest BCUT2D eigenvalue weighted by Crippen LogP contribution is 2.12. The van der Waals surface area contributed by atoms with Crippen molar-refractivity contribution in [3.63, 3.8) is 0 Å². The highest BCUT2D eigenvalue weighted by Gasteiger charge is 2.08. The molecule has 1 amide bonds. The van der Waals surface area contributed by atoms with E-state index in [9.17, 15) is 14.4 Å². The van der Waals surface area contributed by atoms with Crippen LogP contribution in [0.4, 0.5) is 5.69 Å². The summed E-state index contributed by atoms with van der Waals surface area (Å²) in [6.45, 7) is 3.31. The first-order valence-corrected chi connectivity index (χ1v) is 6.13. The second kappa shape index (κ2) is 5.56. The fourth-order valence-electron chi connectivity index (χ4n) is 1.79. The number of nitrogens with zero attached hydrogens (tertiary/aromatic N) is 1. The zero-order chi connectivity index (χ0) is 14.7. The molecule has 1 aromatic carbocycles. The molecule has 0 saturated carbocycles. The van der Waals surface area contributed by atoms with Crippen LogP contribution in [0.1, 0.15) is 11.1 Å². The zero-order valence-electron chi connectivity index (χ0n) is 11.3. The van der Waals surface area contributed by atoms with Gasteiger partial charge >= 0.3 is 5.69 Å². The van der Waals surface area contributed by atoms with Crippen molar-refractivity contribution < 1.29 is 4.79 Å². The summed E-state index contributed by atoms with van der Waals surface area (Å²) in [5.41, 5.74) is 0.983. The number of carbonyl (C=O) groups excluding carboxylic acids is 1. The Labute approximate surface area is 115 Å². The highest BCUT2D eigenvalue weighted by molar-refractivity contribution is 5.91. The SMILES string of the molecule is Cc1ccccc1NC(=O)Cn1cc(C)c(=O)[nH]c1=O. The molecule has 2 N–H and O–H groups in total. The van der Waals surface area contributed by atoms with Gasteiger partial charge in [-0.2, -0.15) is 0 Å². The van der Waals surface area contributed by atoms with E-state index in [2.05, 4.69) is 10.3 Å². The Balaban J connectivity index is 2.17. The number of amides is 1. The molecule has 6 nitrogen and oxygen atoms in total. The number of nitrogens with one attached hydrogen (secondary N) is 2. The topological polar surface area (TPSA) is 84.0 Å². The smallest absolute Gasteiger partial charge is 0.324 e. The van der Waals surface area contributed by atoms with Crippen molar-refractivity contribution in [1.82, 2.24) is 9.55 Å². The molecule has 0 aliphatic carbocycles. The van der Waals surface area contributed by atoms with Crippen molar-refractivity contribution in [2.45, 2.75) is 20.4 Å². The number of aromatic nitrogens is 2. The van der Waals surface area contributed by atoms with Crippen LogP contribution in [0.25, 0.3) is 0 Å². The second-order valence-corrected chi connectivity index (χ2v) is 4.56. The van der Waals surface area contributed by atoms with Gasteiger partial charge in [0.1, 0.15) is 6.54 Å².